The third-order valence-corrected chi connectivity index (χ3v) is 3.26. The van der Waals surface area contributed by atoms with Gasteiger partial charge in [-0.3, -0.25) is 4.79 Å². The molecule has 116 valence electrons. The molecular formula is C13H25N3O4. The number of hydrogen-bond acceptors (Lipinski definition) is 4. The van der Waals surface area contributed by atoms with Crippen molar-refractivity contribution in [3.63, 3.8) is 0 Å². The molecule has 1 aliphatic heterocycles. The number of carbonyl (C=O) groups excluding carboxylic acids is 1. The molecule has 7 heteroatoms. The fraction of sp³-hybridized carbons (Fsp3) is 0.846. The van der Waals surface area contributed by atoms with E-state index in [9.17, 15) is 9.59 Å². The number of hydrogen-bond donors (Lipinski definition) is 2. The fourth-order valence-corrected chi connectivity index (χ4v) is 2.05. The molecule has 0 aromatic rings. The van der Waals surface area contributed by atoms with Crippen LogP contribution in [-0.4, -0.2) is 80.4 Å². The number of likely N-dealkylation sites (N-methyl/N-ethyl adjacent to an activating group) is 1. The lowest BCUT2D eigenvalue weighted by atomic mass is 9.99. The van der Waals surface area contributed by atoms with Crippen LogP contribution in [0.3, 0.4) is 0 Å². The van der Waals surface area contributed by atoms with E-state index in [1.165, 1.54) is 0 Å². The summed E-state index contributed by atoms with van der Waals surface area (Å²) in [6, 6.07) is -0.202. The fourth-order valence-electron chi connectivity index (χ4n) is 2.05. The number of urea groups is 1. The summed E-state index contributed by atoms with van der Waals surface area (Å²) in [5.74, 6) is -1.26. The van der Waals surface area contributed by atoms with Crippen molar-refractivity contribution >= 4 is 12.0 Å². The average Bonchev–Trinajstić information content (AvgIpc) is 2.42. The zero-order chi connectivity index (χ0) is 15.0. The van der Waals surface area contributed by atoms with Gasteiger partial charge in [0.05, 0.1) is 19.1 Å². The summed E-state index contributed by atoms with van der Waals surface area (Å²) in [6.07, 6.45) is 1.39. The number of amides is 2. The third-order valence-electron chi connectivity index (χ3n) is 3.26. The largest absolute Gasteiger partial charge is 0.481 e. The molecule has 1 atom stereocenters. The van der Waals surface area contributed by atoms with Crippen molar-refractivity contribution in [2.45, 2.75) is 12.8 Å². The second kappa shape index (κ2) is 8.76. The molecule has 2 amide bonds. The zero-order valence-electron chi connectivity index (χ0n) is 12.3. The Balaban J connectivity index is 2.14. The van der Waals surface area contributed by atoms with Crippen molar-refractivity contribution in [3.05, 3.63) is 0 Å². The predicted octanol–water partition coefficient (Wildman–Crippen LogP) is 0.0708. The van der Waals surface area contributed by atoms with Crippen molar-refractivity contribution in [2.75, 3.05) is 53.5 Å². The van der Waals surface area contributed by atoms with Crippen molar-refractivity contribution in [1.82, 2.24) is 15.1 Å². The molecule has 1 rings (SSSR count). The Labute approximate surface area is 119 Å². The van der Waals surface area contributed by atoms with Gasteiger partial charge in [0.25, 0.3) is 0 Å². The van der Waals surface area contributed by atoms with Crippen molar-refractivity contribution in [3.8, 4) is 0 Å². The standard InChI is InChI=1S/C13H25N3O4/c1-15(2)7-9-20-8-5-14-13(19)16-6-3-4-11(10-16)12(17)18/h11H,3-10H2,1-2H3,(H,14,19)(H,17,18)/t11-/m1/s1. The second-order valence-corrected chi connectivity index (χ2v) is 5.27. The van der Waals surface area contributed by atoms with Gasteiger partial charge in [0.15, 0.2) is 0 Å². The smallest absolute Gasteiger partial charge is 0.317 e. The van der Waals surface area contributed by atoms with Gasteiger partial charge in [-0.15, -0.1) is 0 Å². The summed E-state index contributed by atoms with van der Waals surface area (Å²) in [6.45, 7) is 3.31. The minimum absolute atomic E-state index is 0.202. The van der Waals surface area contributed by atoms with Crippen LogP contribution in [0.2, 0.25) is 0 Å². The maximum atomic E-state index is 11.9. The summed E-state index contributed by atoms with van der Waals surface area (Å²) >= 11 is 0. The molecule has 0 radical (unpaired) electrons. The molecule has 2 N–H and O–H groups in total. The molecule has 7 nitrogen and oxygen atoms in total. The Morgan fingerprint density at radius 3 is 2.80 bits per heavy atom. The van der Waals surface area contributed by atoms with Crippen LogP contribution in [0.5, 0.6) is 0 Å². The van der Waals surface area contributed by atoms with E-state index in [0.717, 1.165) is 13.0 Å². The first-order valence-electron chi connectivity index (χ1n) is 6.98. The summed E-state index contributed by atoms with van der Waals surface area (Å²) in [5.41, 5.74) is 0. The van der Waals surface area contributed by atoms with Crippen LogP contribution in [0.4, 0.5) is 4.79 Å². The van der Waals surface area contributed by atoms with Gasteiger partial charge < -0.3 is 25.0 Å². The highest BCUT2D eigenvalue weighted by Crippen LogP contribution is 2.16. The molecule has 1 fully saturated rings. The number of nitrogens with zero attached hydrogens (tertiary/aromatic N) is 2. The van der Waals surface area contributed by atoms with Gasteiger partial charge >= 0.3 is 12.0 Å². The summed E-state index contributed by atoms with van der Waals surface area (Å²) < 4.78 is 5.37. The minimum atomic E-state index is -0.825. The van der Waals surface area contributed by atoms with E-state index in [1.807, 2.05) is 19.0 Å². The molecular weight excluding hydrogens is 262 g/mol. The molecule has 1 heterocycles. The molecule has 1 saturated heterocycles. The number of carbonyl (C=O) groups is 2. The number of piperidine rings is 1. The maximum absolute atomic E-state index is 11.9. The number of carboxylic acids is 1. The summed E-state index contributed by atoms with van der Waals surface area (Å²) in [4.78, 5) is 26.4. The van der Waals surface area contributed by atoms with E-state index in [2.05, 4.69) is 5.32 Å². The van der Waals surface area contributed by atoms with Gasteiger partial charge in [-0.2, -0.15) is 0 Å². The Hall–Kier alpha value is -1.34. The highest BCUT2D eigenvalue weighted by molar-refractivity contribution is 5.76. The van der Waals surface area contributed by atoms with Crippen LogP contribution in [0.15, 0.2) is 0 Å². The average molecular weight is 287 g/mol. The van der Waals surface area contributed by atoms with E-state index in [4.69, 9.17) is 9.84 Å². The van der Waals surface area contributed by atoms with E-state index in [-0.39, 0.29) is 6.03 Å². The lowest BCUT2D eigenvalue weighted by Crippen LogP contribution is -2.47. The second-order valence-electron chi connectivity index (χ2n) is 5.27. The normalized spacial score (nSPS) is 19.1. The number of ether oxygens (including phenoxy) is 1. The Kier molecular flexibility index (Phi) is 7.32. The highest BCUT2D eigenvalue weighted by atomic mass is 16.5. The van der Waals surface area contributed by atoms with Crippen LogP contribution >= 0.6 is 0 Å². The van der Waals surface area contributed by atoms with Crippen LogP contribution in [0.25, 0.3) is 0 Å². The van der Waals surface area contributed by atoms with E-state index >= 15 is 0 Å². The van der Waals surface area contributed by atoms with Gasteiger partial charge in [0.1, 0.15) is 0 Å². The molecule has 0 bridgehead atoms. The van der Waals surface area contributed by atoms with Crippen LogP contribution in [0.1, 0.15) is 12.8 Å². The topological polar surface area (TPSA) is 82.1 Å². The van der Waals surface area contributed by atoms with Crippen molar-refractivity contribution < 1.29 is 19.4 Å². The zero-order valence-corrected chi connectivity index (χ0v) is 12.3. The first-order valence-corrected chi connectivity index (χ1v) is 6.98. The maximum Gasteiger partial charge on any atom is 0.317 e. The Morgan fingerprint density at radius 1 is 1.40 bits per heavy atom. The molecule has 20 heavy (non-hydrogen) atoms. The van der Waals surface area contributed by atoms with E-state index in [0.29, 0.717) is 39.3 Å². The number of rotatable bonds is 7. The lowest BCUT2D eigenvalue weighted by Gasteiger charge is -2.30. The Morgan fingerprint density at radius 2 is 2.15 bits per heavy atom. The summed E-state index contributed by atoms with van der Waals surface area (Å²) in [7, 11) is 3.95. The summed E-state index contributed by atoms with van der Waals surface area (Å²) in [5, 5.41) is 11.7. The predicted molar refractivity (Wildman–Crippen MR) is 74.7 cm³/mol. The van der Waals surface area contributed by atoms with Gasteiger partial charge in [-0.25, -0.2) is 4.79 Å². The van der Waals surface area contributed by atoms with E-state index < -0.39 is 11.9 Å². The third kappa shape index (κ3) is 6.21. The molecule has 0 aliphatic carbocycles. The number of nitrogens with one attached hydrogen (secondary N) is 1. The number of aliphatic carboxylic acids is 1. The highest BCUT2D eigenvalue weighted by Gasteiger charge is 2.27. The van der Waals surface area contributed by atoms with E-state index in [1.54, 1.807) is 4.90 Å². The van der Waals surface area contributed by atoms with Gasteiger partial charge in [-0.05, 0) is 26.9 Å². The molecule has 1 aliphatic rings. The van der Waals surface area contributed by atoms with Crippen molar-refractivity contribution in [2.24, 2.45) is 5.92 Å². The number of carboxylic acid groups (broad SMARTS) is 1. The minimum Gasteiger partial charge on any atom is -0.481 e. The van der Waals surface area contributed by atoms with Gasteiger partial charge in [0, 0.05) is 26.2 Å². The molecule has 0 saturated carbocycles. The first-order chi connectivity index (χ1) is 9.50. The van der Waals surface area contributed by atoms with Gasteiger partial charge in [-0.1, -0.05) is 0 Å². The molecule has 0 aromatic heterocycles. The van der Waals surface area contributed by atoms with Crippen LogP contribution in [0, 0.1) is 5.92 Å². The lowest BCUT2D eigenvalue weighted by molar-refractivity contribution is -0.143. The number of likely N-dealkylation sites (tertiary alicyclic amines) is 1. The van der Waals surface area contributed by atoms with Crippen LogP contribution in [-0.2, 0) is 9.53 Å². The molecule has 0 unspecified atom stereocenters. The molecule has 0 spiro atoms. The Bertz CT molecular complexity index is 323. The SMILES string of the molecule is CN(C)CCOCCNC(=O)N1CCC[C@@H](C(=O)O)C1. The van der Waals surface area contributed by atoms with Crippen molar-refractivity contribution in [1.29, 1.82) is 0 Å². The quantitative estimate of drug-likeness (QED) is 0.648. The van der Waals surface area contributed by atoms with Gasteiger partial charge in [0.2, 0.25) is 0 Å². The molecule has 0 aromatic carbocycles. The van der Waals surface area contributed by atoms with Crippen LogP contribution < -0.4 is 5.32 Å². The first kappa shape index (κ1) is 16.7. The monoisotopic (exact) mass is 287 g/mol.